The number of nitrogens with zero attached hydrogens (tertiary/aromatic N) is 2. The fraction of sp³-hybridized carbons (Fsp3) is 1.00. The molecule has 0 aromatic carbocycles. The maximum atomic E-state index is 2.44. The lowest BCUT2D eigenvalue weighted by Gasteiger charge is -2.48. The van der Waals surface area contributed by atoms with Gasteiger partial charge in [-0.05, 0) is 13.8 Å². The summed E-state index contributed by atoms with van der Waals surface area (Å²) in [5.41, 5.74) is 0. The van der Waals surface area contributed by atoms with E-state index >= 15 is 0 Å². The van der Waals surface area contributed by atoms with Crippen LogP contribution in [0.15, 0.2) is 0 Å². The van der Waals surface area contributed by atoms with E-state index in [2.05, 4.69) is 13.8 Å². The van der Waals surface area contributed by atoms with Crippen molar-refractivity contribution in [2.45, 2.75) is 77.3 Å². The van der Waals surface area contributed by atoms with Crippen molar-refractivity contribution in [1.29, 1.82) is 0 Å². The number of quaternary nitrogens is 2. The fourth-order valence-corrected chi connectivity index (χ4v) is 5.96. The van der Waals surface area contributed by atoms with Crippen LogP contribution in [0.25, 0.3) is 0 Å². The summed E-state index contributed by atoms with van der Waals surface area (Å²) in [6.45, 7) is 13.6. The van der Waals surface area contributed by atoms with Crippen molar-refractivity contribution in [3.63, 3.8) is 0 Å². The molecule has 0 bridgehead atoms. The number of likely N-dealkylation sites (tertiary alicyclic amines) is 2. The maximum absolute atomic E-state index is 2.44. The van der Waals surface area contributed by atoms with Crippen LogP contribution >= 0.6 is 0 Å². The second kappa shape index (κ2) is 5.96. The normalized spacial score (nSPS) is 36.3. The van der Waals surface area contributed by atoms with Gasteiger partial charge >= 0.3 is 0 Å². The first-order chi connectivity index (χ1) is 9.75. The van der Waals surface area contributed by atoms with Gasteiger partial charge in [0.05, 0.1) is 51.4 Å². The summed E-state index contributed by atoms with van der Waals surface area (Å²) in [5.74, 6) is 0. The van der Waals surface area contributed by atoms with E-state index in [4.69, 9.17) is 0 Å². The predicted molar refractivity (Wildman–Crippen MR) is 85.6 cm³/mol. The lowest BCUT2D eigenvalue weighted by molar-refractivity contribution is -0.954. The van der Waals surface area contributed by atoms with E-state index in [0.29, 0.717) is 0 Å². The molecule has 0 amide bonds. The molecule has 2 heteroatoms. The van der Waals surface area contributed by atoms with Gasteiger partial charge < -0.3 is 8.97 Å². The third-order valence-electron chi connectivity index (χ3n) is 7.39. The van der Waals surface area contributed by atoms with Crippen molar-refractivity contribution < 1.29 is 8.97 Å². The number of hydrogen-bond donors (Lipinski definition) is 0. The first kappa shape index (κ1) is 14.8. The van der Waals surface area contributed by atoms with E-state index in [1.165, 1.54) is 99.6 Å². The maximum Gasteiger partial charge on any atom is 0.0894 e. The van der Waals surface area contributed by atoms with Crippen LogP contribution in [0.5, 0.6) is 0 Å². The molecule has 0 atom stereocenters. The third kappa shape index (κ3) is 2.43. The van der Waals surface area contributed by atoms with E-state index in [0.717, 1.165) is 12.1 Å². The van der Waals surface area contributed by atoms with Crippen LogP contribution in [0.4, 0.5) is 0 Å². The highest BCUT2D eigenvalue weighted by molar-refractivity contribution is 4.78. The molecule has 3 fully saturated rings. The molecule has 2 aliphatic heterocycles. The minimum Gasteiger partial charge on any atom is -0.321 e. The summed E-state index contributed by atoms with van der Waals surface area (Å²) in [7, 11) is 0. The van der Waals surface area contributed by atoms with Crippen LogP contribution in [0, 0.1) is 0 Å². The first-order valence-electron chi connectivity index (χ1n) is 9.46. The Kier molecular flexibility index (Phi) is 4.42. The lowest BCUT2D eigenvalue weighted by atomic mass is 9.86. The van der Waals surface area contributed by atoms with Crippen LogP contribution in [0.1, 0.15) is 65.2 Å². The van der Waals surface area contributed by atoms with E-state index in [9.17, 15) is 0 Å². The van der Waals surface area contributed by atoms with Crippen molar-refractivity contribution in [2.75, 3.05) is 39.3 Å². The summed E-state index contributed by atoms with van der Waals surface area (Å²) < 4.78 is 2.97. The molecule has 2 nitrogen and oxygen atoms in total. The minimum absolute atomic E-state index is 1.01. The molecule has 0 unspecified atom stereocenters. The van der Waals surface area contributed by atoms with Gasteiger partial charge in [0.1, 0.15) is 0 Å². The van der Waals surface area contributed by atoms with Gasteiger partial charge in [-0.1, -0.05) is 0 Å². The predicted octanol–water partition coefficient (Wildman–Crippen LogP) is 3.56. The van der Waals surface area contributed by atoms with Gasteiger partial charge in [-0.25, -0.2) is 0 Å². The van der Waals surface area contributed by atoms with Crippen molar-refractivity contribution in [3.8, 4) is 0 Å². The van der Waals surface area contributed by atoms with Crippen molar-refractivity contribution in [2.24, 2.45) is 0 Å². The van der Waals surface area contributed by atoms with Gasteiger partial charge in [-0.3, -0.25) is 0 Å². The lowest BCUT2D eigenvalue weighted by Crippen LogP contribution is -2.59. The van der Waals surface area contributed by atoms with E-state index in [1.807, 2.05) is 0 Å². The molecule has 0 N–H and O–H groups in total. The molecule has 3 rings (SSSR count). The van der Waals surface area contributed by atoms with Crippen molar-refractivity contribution in [1.82, 2.24) is 0 Å². The van der Waals surface area contributed by atoms with E-state index in [-0.39, 0.29) is 0 Å². The standard InChI is InChI=1S/C18H36N2/c1-3-19(13-5-6-14-19)17-9-11-18(12-10-17)20(4-2)15-7-8-16-20/h17-18H,3-16H2,1-2H3/q+2. The summed E-state index contributed by atoms with van der Waals surface area (Å²) in [6, 6.07) is 2.02. The summed E-state index contributed by atoms with van der Waals surface area (Å²) in [6.07, 6.45) is 12.1. The number of hydrogen-bond acceptors (Lipinski definition) is 0. The highest BCUT2D eigenvalue weighted by atomic mass is 15.4. The Labute approximate surface area is 126 Å². The molecule has 0 spiro atoms. The highest BCUT2D eigenvalue weighted by Gasteiger charge is 2.45. The second-order valence-electron chi connectivity index (χ2n) is 7.84. The van der Waals surface area contributed by atoms with E-state index < -0.39 is 0 Å². The van der Waals surface area contributed by atoms with E-state index in [1.54, 1.807) is 0 Å². The van der Waals surface area contributed by atoms with Crippen LogP contribution < -0.4 is 0 Å². The monoisotopic (exact) mass is 280 g/mol. The molecule has 20 heavy (non-hydrogen) atoms. The molecule has 2 saturated heterocycles. The van der Waals surface area contributed by atoms with Gasteiger partial charge in [-0.2, -0.15) is 0 Å². The van der Waals surface area contributed by atoms with Crippen molar-refractivity contribution in [3.05, 3.63) is 0 Å². The summed E-state index contributed by atoms with van der Waals surface area (Å²) in [4.78, 5) is 0. The fourth-order valence-electron chi connectivity index (χ4n) is 5.96. The first-order valence-corrected chi connectivity index (χ1v) is 9.46. The SMILES string of the molecule is CC[N+]1(C2CCC([N+]3(CC)CCCC3)CC2)CCCC1. The Morgan fingerprint density at radius 3 is 1.15 bits per heavy atom. The molecular formula is C18H36N2+2. The Balaban J connectivity index is 1.62. The zero-order valence-corrected chi connectivity index (χ0v) is 13.9. The Bertz CT molecular complexity index is 273. The molecule has 1 saturated carbocycles. The summed E-state index contributed by atoms with van der Waals surface area (Å²) in [5, 5.41) is 0. The van der Waals surface area contributed by atoms with Crippen molar-refractivity contribution >= 4 is 0 Å². The smallest absolute Gasteiger partial charge is 0.0894 e. The molecule has 2 heterocycles. The van der Waals surface area contributed by atoms with Gasteiger partial charge in [0.25, 0.3) is 0 Å². The molecule has 0 radical (unpaired) electrons. The second-order valence-corrected chi connectivity index (χ2v) is 7.84. The van der Waals surface area contributed by atoms with Gasteiger partial charge in [0.15, 0.2) is 0 Å². The van der Waals surface area contributed by atoms with Gasteiger partial charge in [-0.15, -0.1) is 0 Å². The van der Waals surface area contributed by atoms with Gasteiger partial charge in [0, 0.05) is 51.4 Å². The quantitative estimate of drug-likeness (QED) is 0.691. The Morgan fingerprint density at radius 2 is 0.900 bits per heavy atom. The average Bonchev–Trinajstić information content (AvgIpc) is 3.18. The molecule has 3 aliphatic rings. The largest absolute Gasteiger partial charge is 0.321 e. The molecule has 1 aliphatic carbocycles. The molecule has 116 valence electrons. The van der Waals surface area contributed by atoms with Crippen LogP contribution in [-0.2, 0) is 0 Å². The summed E-state index contributed by atoms with van der Waals surface area (Å²) >= 11 is 0. The Hall–Kier alpha value is -0.0800. The third-order valence-corrected chi connectivity index (χ3v) is 7.39. The highest BCUT2D eigenvalue weighted by Crippen LogP contribution is 2.38. The zero-order valence-electron chi connectivity index (χ0n) is 13.9. The Morgan fingerprint density at radius 1 is 0.600 bits per heavy atom. The topological polar surface area (TPSA) is 0 Å². The number of rotatable bonds is 4. The molecule has 0 aromatic rings. The van der Waals surface area contributed by atoms with Crippen LogP contribution in [0.2, 0.25) is 0 Å². The molecular weight excluding hydrogens is 244 g/mol. The zero-order chi connectivity index (χ0) is 14.1. The average molecular weight is 280 g/mol. The minimum atomic E-state index is 1.01. The van der Waals surface area contributed by atoms with Gasteiger partial charge in [0.2, 0.25) is 0 Å². The molecule has 0 aromatic heterocycles. The van der Waals surface area contributed by atoms with Crippen LogP contribution in [-0.4, -0.2) is 60.3 Å². The van der Waals surface area contributed by atoms with Crippen LogP contribution in [0.3, 0.4) is 0 Å².